The maximum absolute atomic E-state index is 13.0. The highest BCUT2D eigenvalue weighted by Crippen LogP contribution is 2.21. The first-order valence-electron chi connectivity index (χ1n) is 13.7. The Bertz CT molecular complexity index is 2060. The standard InChI is InChI=1S/C28H28N14O2/c1-3-23-18(12-34-41(23)16-5-7-20-15(9-16)11-33-38-20)25(43)36-27(29)39-40-28(30)37-26(44)19-13-35-42(24(19)4-2)17-6-8-21-22(10-17)32-14-31-21/h5-14H,3-4H2,1-2H3,(H,31,32)(H,33,38)(H3,29,36,39,43)(H3,30,37,40,44). The second-order valence-electron chi connectivity index (χ2n) is 9.67. The van der Waals surface area contributed by atoms with E-state index >= 15 is 0 Å². The number of carbonyl (C=O) groups is 2. The van der Waals surface area contributed by atoms with Gasteiger partial charge in [0.05, 0.1) is 75.4 Å². The van der Waals surface area contributed by atoms with Crippen molar-refractivity contribution in [2.75, 3.05) is 0 Å². The van der Waals surface area contributed by atoms with Crippen molar-refractivity contribution in [3.05, 3.63) is 83.8 Å². The molecule has 4 heterocycles. The zero-order valence-electron chi connectivity index (χ0n) is 23.7. The molecule has 0 unspecified atom stereocenters. The largest absolute Gasteiger partial charge is 0.368 e. The number of hydrogen-bond donors (Lipinski definition) is 7. The Morgan fingerprint density at radius 3 is 2.36 bits per heavy atom. The summed E-state index contributed by atoms with van der Waals surface area (Å²) in [5.74, 6) is -1.88. The normalized spacial score (nSPS) is 11.6. The third kappa shape index (κ3) is 5.22. The van der Waals surface area contributed by atoms with Crippen LogP contribution in [0.15, 0.2) is 66.3 Å². The lowest BCUT2D eigenvalue weighted by Gasteiger charge is -2.12. The molecule has 222 valence electrons. The van der Waals surface area contributed by atoms with E-state index in [9.17, 15) is 9.59 Å². The number of hydrogen-bond acceptors (Lipinski definition) is 7. The van der Waals surface area contributed by atoms with Gasteiger partial charge in [-0.1, -0.05) is 13.8 Å². The first-order valence-corrected chi connectivity index (χ1v) is 13.7. The summed E-state index contributed by atoms with van der Waals surface area (Å²) in [7, 11) is 0. The Morgan fingerprint density at radius 1 is 0.932 bits per heavy atom. The number of aromatic nitrogens is 8. The van der Waals surface area contributed by atoms with Gasteiger partial charge in [0.1, 0.15) is 0 Å². The smallest absolute Gasteiger partial charge is 0.283 e. The van der Waals surface area contributed by atoms with Crippen LogP contribution in [0.1, 0.15) is 46.0 Å². The van der Waals surface area contributed by atoms with E-state index in [1.54, 1.807) is 21.9 Å². The molecule has 0 saturated carbocycles. The molecule has 8 N–H and O–H groups in total. The van der Waals surface area contributed by atoms with Gasteiger partial charge in [0.2, 0.25) is 11.9 Å². The van der Waals surface area contributed by atoms with Crippen molar-refractivity contribution in [2.45, 2.75) is 26.7 Å². The number of guanidine groups is 2. The Morgan fingerprint density at radius 2 is 1.61 bits per heavy atom. The van der Waals surface area contributed by atoms with Crippen molar-refractivity contribution in [1.82, 2.24) is 55.9 Å². The quantitative estimate of drug-likeness (QED) is 0.0849. The molecule has 0 radical (unpaired) electrons. The molecule has 16 nitrogen and oxygen atoms in total. The van der Waals surface area contributed by atoms with Crippen molar-refractivity contribution in [1.29, 1.82) is 5.41 Å². The van der Waals surface area contributed by atoms with Crippen molar-refractivity contribution in [2.24, 2.45) is 10.7 Å². The van der Waals surface area contributed by atoms with Crippen molar-refractivity contribution in [3.63, 3.8) is 0 Å². The highest BCUT2D eigenvalue weighted by Gasteiger charge is 2.20. The van der Waals surface area contributed by atoms with Gasteiger partial charge in [-0.25, -0.2) is 14.3 Å². The molecule has 0 fully saturated rings. The summed E-state index contributed by atoms with van der Waals surface area (Å²) in [6.45, 7) is 3.81. The van der Waals surface area contributed by atoms with Crippen LogP contribution >= 0.6 is 0 Å². The predicted octanol–water partition coefficient (Wildman–Crippen LogP) is 1.85. The zero-order chi connectivity index (χ0) is 30.8. The number of nitrogens with two attached hydrogens (primary N) is 1. The molecule has 16 heteroatoms. The molecule has 0 aliphatic rings. The monoisotopic (exact) mass is 592 g/mol. The number of hydrazine groups is 1. The Labute approximate surface area is 249 Å². The molecule has 0 saturated heterocycles. The molecule has 0 bridgehead atoms. The van der Waals surface area contributed by atoms with Gasteiger partial charge in [-0.05, 0) is 49.2 Å². The molecule has 4 aromatic heterocycles. The number of nitrogens with one attached hydrogen (secondary N) is 6. The predicted molar refractivity (Wildman–Crippen MR) is 163 cm³/mol. The van der Waals surface area contributed by atoms with E-state index in [1.807, 2.05) is 50.2 Å². The Hall–Kier alpha value is -6.32. The number of rotatable bonds is 6. The number of aromatic amines is 2. The lowest BCUT2D eigenvalue weighted by Crippen LogP contribution is -2.51. The zero-order valence-corrected chi connectivity index (χ0v) is 23.7. The van der Waals surface area contributed by atoms with Crippen LogP contribution in [0.5, 0.6) is 0 Å². The second kappa shape index (κ2) is 11.5. The molecule has 6 rings (SSSR count). The van der Waals surface area contributed by atoms with E-state index in [-0.39, 0.29) is 11.5 Å². The number of aliphatic imine (C=N–C) groups is 1. The topological polar surface area (TPSA) is 225 Å². The summed E-state index contributed by atoms with van der Waals surface area (Å²) in [6.07, 6.45) is 7.22. The SMILES string of the molecule is CCc1c(C(=O)N=C(N)NNC(=N)NC(=O)c2cnn(-c3ccc4[nH]cnc4c3)c2CC)cnn1-c1ccc2[nH]ncc2c1. The molecule has 2 aromatic carbocycles. The molecule has 6 aromatic rings. The summed E-state index contributed by atoms with van der Waals surface area (Å²) in [4.78, 5) is 37.1. The van der Waals surface area contributed by atoms with E-state index in [0.29, 0.717) is 29.8 Å². The minimum atomic E-state index is -0.618. The fourth-order valence-corrected chi connectivity index (χ4v) is 4.89. The lowest BCUT2D eigenvalue weighted by atomic mass is 10.2. The fourth-order valence-electron chi connectivity index (χ4n) is 4.89. The molecule has 0 aliphatic heterocycles. The van der Waals surface area contributed by atoms with Gasteiger partial charge >= 0.3 is 0 Å². The third-order valence-corrected chi connectivity index (χ3v) is 6.98. The number of imidazole rings is 1. The molecule has 2 amide bonds. The minimum absolute atomic E-state index is 0.281. The van der Waals surface area contributed by atoms with Gasteiger partial charge in [-0.15, -0.1) is 0 Å². The van der Waals surface area contributed by atoms with Crippen LogP contribution in [0.2, 0.25) is 0 Å². The number of benzene rings is 2. The maximum Gasteiger partial charge on any atom is 0.283 e. The van der Waals surface area contributed by atoms with E-state index in [1.165, 1.54) is 12.4 Å². The molecule has 44 heavy (non-hydrogen) atoms. The van der Waals surface area contributed by atoms with Gasteiger partial charge in [0.15, 0.2) is 0 Å². The van der Waals surface area contributed by atoms with Gasteiger partial charge in [0, 0.05) is 5.39 Å². The average Bonchev–Trinajstić information content (AvgIpc) is 3.83. The average molecular weight is 593 g/mol. The second-order valence-corrected chi connectivity index (χ2v) is 9.67. The van der Waals surface area contributed by atoms with Crippen LogP contribution < -0.4 is 21.9 Å². The lowest BCUT2D eigenvalue weighted by molar-refractivity contribution is 0.0971. The van der Waals surface area contributed by atoms with E-state index < -0.39 is 17.8 Å². The number of nitrogens with zero attached hydrogens (tertiary/aromatic N) is 7. The van der Waals surface area contributed by atoms with Gasteiger partial charge in [0.25, 0.3) is 11.8 Å². The molecule has 0 spiro atoms. The number of carbonyl (C=O) groups excluding carboxylic acids is 2. The van der Waals surface area contributed by atoms with Crippen LogP contribution in [0, 0.1) is 5.41 Å². The summed E-state index contributed by atoms with van der Waals surface area (Å²) >= 11 is 0. The van der Waals surface area contributed by atoms with E-state index in [2.05, 4.69) is 51.5 Å². The van der Waals surface area contributed by atoms with Crippen LogP contribution in [-0.4, -0.2) is 63.5 Å². The van der Waals surface area contributed by atoms with Crippen LogP contribution in [0.4, 0.5) is 0 Å². The first-order chi connectivity index (χ1) is 21.4. The van der Waals surface area contributed by atoms with Crippen molar-refractivity contribution in [3.8, 4) is 11.4 Å². The maximum atomic E-state index is 13.0. The van der Waals surface area contributed by atoms with Crippen molar-refractivity contribution < 1.29 is 9.59 Å². The summed E-state index contributed by atoms with van der Waals surface area (Å²) in [6, 6.07) is 11.3. The Kier molecular flexibility index (Phi) is 7.28. The van der Waals surface area contributed by atoms with E-state index in [4.69, 9.17) is 11.1 Å². The summed E-state index contributed by atoms with van der Waals surface area (Å²) in [5, 5.41) is 27.2. The van der Waals surface area contributed by atoms with Crippen LogP contribution in [0.3, 0.4) is 0 Å². The molecule has 0 atom stereocenters. The van der Waals surface area contributed by atoms with Crippen LogP contribution in [0.25, 0.3) is 33.3 Å². The summed E-state index contributed by atoms with van der Waals surface area (Å²) < 4.78 is 3.33. The minimum Gasteiger partial charge on any atom is -0.368 e. The number of fused-ring (bicyclic) bond motifs is 2. The highest BCUT2D eigenvalue weighted by molar-refractivity contribution is 6.06. The highest BCUT2D eigenvalue weighted by atomic mass is 16.2. The van der Waals surface area contributed by atoms with Gasteiger partial charge < -0.3 is 10.7 Å². The molecular weight excluding hydrogens is 564 g/mol. The number of amides is 2. The molecule has 0 aliphatic carbocycles. The Balaban J connectivity index is 1.09. The van der Waals surface area contributed by atoms with Gasteiger partial charge in [-0.2, -0.15) is 20.3 Å². The molecular formula is C28H28N14O2. The third-order valence-electron chi connectivity index (χ3n) is 6.98. The van der Waals surface area contributed by atoms with Crippen molar-refractivity contribution >= 4 is 45.7 Å². The number of H-pyrrole nitrogens is 2. The summed E-state index contributed by atoms with van der Waals surface area (Å²) in [5.41, 5.74) is 16.7. The first kappa shape index (κ1) is 27.8. The van der Waals surface area contributed by atoms with Crippen LogP contribution in [-0.2, 0) is 12.8 Å². The van der Waals surface area contributed by atoms with E-state index in [0.717, 1.165) is 33.3 Å². The van der Waals surface area contributed by atoms with Gasteiger partial charge in [-0.3, -0.25) is 36.3 Å². The fraction of sp³-hybridized carbons (Fsp3) is 0.143.